The van der Waals surface area contributed by atoms with Gasteiger partial charge in [-0.2, -0.15) is 0 Å². The number of aliphatic hydroxyl groups excluding tert-OH is 1. The summed E-state index contributed by atoms with van der Waals surface area (Å²) in [4.78, 5) is 10.3. The molecule has 1 aromatic carbocycles. The Kier molecular flexibility index (Phi) is 3.41. The number of amides is 1. The second kappa shape index (κ2) is 4.57. The first-order valence-electron chi connectivity index (χ1n) is 3.94. The number of nitrogens with two attached hydrogens (primary N) is 1. The summed E-state index contributed by atoms with van der Waals surface area (Å²) in [5.74, 6) is -0.530. The number of primary amides is 1. The molecule has 0 heterocycles. The van der Waals surface area contributed by atoms with Crippen molar-refractivity contribution in [2.24, 2.45) is 5.73 Å². The molecular weight excluding hydrogens is 189 g/mol. The van der Waals surface area contributed by atoms with E-state index in [1.165, 1.54) is 12.1 Å². The molecule has 0 saturated carbocycles. The summed E-state index contributed by atoms with van der Waals surface area (Å²) in [5, 5.41) is 8.87. The molecule has 0 aromatic heterocycles. The van der Waals surface area contributed by atoms with Crippen molar-refractivity contribution in [3.63, 3.8) is 0 Å². The first kappa shape index (κ1) is 10.5. The molecule has 1 aromatic rings. The molecule has 0 fully saturated rings. The first-order chi connectivity index (χ1) is 6.65. The molecule has 0 radical (unpaired) electrons. The largest absolute Gasteiger partial charge is 0.445 e. The number of halogens is 1. The van der Waals surface area contributed by atoms with Crippen LogP contribution in [0, 0.1) is 5.82 Å². The Balaban J connectivity index is 2.87. The summed E-state index contributed by atoms with van der Waals surface area (Å²) in [6, 6.07) is 4.23. The van der Waals surface area contributed by atoms with Crippen LogP contribution in [0.15, 0.2) is 18.2 Å². The highest BCUT2D eigenvalue weighted by Gasteiger charge is 2.08. The number of hydrogen-bond acceptors (Lipinski definition) is 3. The Morgan fingerprint density at radius 2 is 2.29 bits per heavy atom. The summed E-state index contributed by atoms with van der Waals surface area (Å²) in [7, 11) is 0. The molecule has 0 saturated heterocycles. The van der Waals surface area contributed by atoms with Gasteiger partial charge in [0, 0.05) is 5.56 Å². The van der Waals surface area contributed by atoms with Gasteiger partial charge in [0.25, 0.3) is 0 Å². The van der Waals surface area contributed by atoms with E-state index < -0.39 is 11.9 Å². The molecule has 1 rings (SSSR count). The highest BCUT2D eigenvalue weighted by Crippen LogP contribution is 2.14. The summed E-state index contributed by atoms with van der Waals surface area (Å²) in [6.45, 7) is -0.576. The van der Waals surface area contributed by atoms with E-state index in [0.29, 0.717) is 5.56 Å². The molecule has 0 spiro atoms. The Labute approximate surface area is 80.1 Å². The van der Waals surface area contributed by atoms with Crippen molar-refractivity contribution in [2.75, 3.05) is 0 Å². The number of carbonyl (C=O) groups excluding carboxylic acids is 1. The van der Waals surface area contributed by atoms with Gasteiger partial charge in [0.2, 0.25) is 0 Å². The normalized spacial score (nSPS) is 9.86. The fraction of sp³-hybridized carbons (Fsp3) is 0.222. The van der Waals surface area contributed by atoms with Gasteiger partial charge in [0.1, 0.15) is 12.4 Å². The average molecular weight is 199 g/mol. The first-order valence-corrected chi connectivity index (χ1v) is 3.94. The number of ether oxygens (including phenoxy) is 1. The van der Waals surface area contributed by atoms with E-state index in [1.807, 2.05) is 0 Å². The van der Waals surface area contributed by atoms with E-state index >= 15 is 0 Å². The van der Waals surface area contributed by atoms with Gasteiger partial charge in [-0.3, -0.25) is 0 Å². The maximum atomic E-state index is 13.1. The van der Waals surface area contributed by atoms with E-state index in [2.05, 4.69) is 4.74 Å². The quantitative estimate of drug-likeness (QED) is 0.760. The molecule has 0 unspecified atom stereocenters. The van der Waals surface area contributed by atoms with Crippen molar-refractivity contribution in [2.45, 2.75) is 13.2 Å². The molecular formula is C9H10FNO3. The van der Waals surface area contributed by atoms with Crippen molar-refractivity contribution in [3.05, 3.63) is 35.1 Å². The fourth-order valence-electron chi connectivity index (χ4n) is 1.06. The van der Waals surface area contributed by atoms with Crippen LogP contribution in [0.1, 0.15) is 11.1 Å². The summed E-state index contributed by atoms with van der Waals surface area (Å²) < 4.78 is 17.6. The Morgan fingerprint density at radius 3 is 2.86 bits per heavy atom. The molecule has 1 amide bonds. The van der Waals surface area contributed by atoms with Gasteiger partial charge in [-0.05, 0) is 11.6 Å². The van der Waals surface area contributed by atoms with Gasteiger partial charge in [0.15, 0.2) is 0 Å². The number of benzene rings is 1. The molecule has 3 N–H and O–H groups in total. The lowest BCUT2D eigenvalue weighted by Gasteiger charge is -2.07. The van der Waals surface area contributed by atoms with Crippen LogP contribution in [0.2, 0.25) is 0 Å². The zero-order chi connectivity index (χ0) is 10.6. The maximum Gasteiger partial charge on any atom is 0.404 e. The van der Waals surface area contributed by atoms with Crippen molar-refractivity contribution in [3.8, 4) is 0 Å². The van der Waals surface area contributed by atoms with Crippen molar-refractivity contribution >= 4 is 6.09 Å². The van der Waals surface area contributed by atoms with Crippen LogP contribution in [0.5, 0.6) is 0 Å². The van der Waals surface area contributed by atoms with Gasteiger partial charge >= 0.3 is 6.09 Å². The third kappa shape index (κ3) is 2.43. The number of carbonyl (C=O) groups is 1. The van der Waals surface area contributed by atoms with Crippen LogP contribution in [0.3, 0.4) is 0 Å². The SMILES string of the molecule is NC(=O)OCc1c(F)cccc1CO. The van der Waals surface area contributed by atoms with E-state index in [9.17, 15) is 9.18 Å². The van der Waals surface area contributed by atoms with Gasteiger partial charge in [-0.1, -0.05) is 12.1 Å². The predicted molar refractivity (Wildman–Crippen MR) is 46.7 cm³/mol. The van der Waals surface area contributed by atoms with Crippen LogP contribution < -0.4 is 5.73 Å². The zero-order valence-corrected chi connectivity index (χ0v) is 7.37. The average Bonchev–Trinajstić information content (AvgIpc) is 2.15. The lowest BCUT2D eigenvalue weighted by molar-refractivity contribution is 0.147. The van der Waals surface area contributed by atoms with Crippen LogP contribution >= 0.6 is 0 Å². The molecule has 0 aliphatic carbocycles. The summed E-state index contributed by atoms with van der Waals surface area (Å²) >= 11 is 0. The van der Waals surface area contributed by atoms with E-state index in [-0.39, 0.29) is 18.8 Å². The Hall–Kier alpha value is -1.62. The van der Waals surface area contributed by atoms with Gasteiger partial charge in [-0.25, -0.2) is 9.18 Å². The van der Waals surface area contributed by atoms with Crippen molar-refractivity contribution in [1.29, 1.82) is 0 Å². The van der Waals surface area contributed by atoms with Crippen LogP contribution in [-0.2, 0) is 18.0 Å². The molecule has 4 nitrogen and oxygen atoms in total. The number of aliphatic hydroxyl groups is 1. The molecule has 76 valence electrons. The molecule has 5 heteroatoms. The predicted octanol–water partition coefficient (Wildman–Crippen LogP) is 0.913. The minimum absolute atomic E-state index is 0.147. The molecule has 14 heavy (non-hydrogen) atoms. The topological polar surface area (TPSA) is 72.6 Å². The zero-order valence-electron chi connectivity index (χ0n) is 7.37. The fourth-order valence-corrected chi connectivity index (χ4v) is 1.06. The minimum atomic E-state index is -0.975. The van der Waals surface area contributed by atoms with E-state index in [4.69, 9.17) is 10.8 Å². The van der Waals surface area contributed by atoms with E-state index in [1.54, 1.807) is 6.07 Å². The monoisotopic (exact) mass is 199 g/mol. The smallest absolute Gasteiger partial charge is 0.404 e. The molecule has 0 aliphatic rings. The van der Waals surface area contributed by atoms with Gasteiger partial charge < -0.3 is 15.6 Å². The Morgan fingerprint density at radius 1 is 1.57 bits per heavy atom. The highest BCUT2D eigenvalue weighted by atomic mass is 19.1. The van der Waals surface area contributed by atoms with Crippen molar-refractivity contribution in [1.82, 2.24) is 0 Å². The second-order valence-electron chi connectivity index (χ2n) is 2.64. The standard InChI is InChI=1S/C9H10FNO3/c10-8-3-1-2-6(4-12)7(8)5-14-9(11)13/h1-3,12H,4-5H2,(H2,11,13). The Bertz CT molecular complexity index is 341. The van der Waals surface area contributed by atoms with Gasteiger partial charge in [0.05, 0.1) is 6.61 Å². The lowest BCUT2D eigenvalue weighted by Crippen LogP contribution is -2.14. The van der Waals surface area contributed by atoms with Crippen molar-refractivity contribution < 1.29 is 19.0 Å². The third-order valence-corrected chi connectivity index (χ3v) is 1.74. The molecule has 0 bridgehead atoms. The van der Waals surface area contributed by atoms with Gasteiger partial charge in [-0.15, -0.1) is 0 Å². The van der Waals surface area contributed by atoms with Crippen LogP contribution in [-0.4, -0.2) is 11.2 Å². The number of hydrogen-bond donors (Lipinski definition) is 2. The lowest BCUT2D eigenvalue weighted by atomic mass is 10.1. The third-order valence-electron chi connectivity index (χ3n) is 1.74. The number of rotatable bonds is 3. The molecule has 0 atom stereocenters. The van der Waals surface area contributed by atoms with Crippen LogP contribution in [0.4, 0.5) is 9.18 Å². The van der Waals surface area contributed by atoms with E-state index in [0.717, 1.165) is 0 Å². The molecule has 0 aliphatic heterocycles. The summed E-state index contributed by atoms with van der Waals surface area (Å²) in [6.07, 6.45) is -0.975. The van der Waals surface area contributed by atoms with Crippen LogP contribution in [0.25, 0.3) is 0 Å². The highest BCUT2D eigenvalue weighted by molar-refractivity contribution is 5.64. The maximum absolute atomic E-state index is 13.1. The summed E-state index contributed by atoms with van der Waals surface area (Å²) in [5.41, 5.74) is 5.26. The minimum Gasteiger partial charge on any atom is -0.445 e. The second-order valence-corrected chi connectivity index (χ2v) is 2.64.